The molecule has 0 saturated heterocycles. The molecule has 0 fully saturated rings. The molecule has 0 saturated carbocycles. The van der Waals surface area contributed by atoms with E-state index in [4.69, 9.17) is 4.74 Å². The van der Waals surface area contributed by atoms with Gasteiger partial charge in [-0.1, -0.05) is 0 Å². The topological polar surface area (TPSA) is 59.6 Å². The quantitative estimate of drug-likeness (QED) is 0.553. The van der Waals surface area contributed by atoms with Gasteiger partial charge in [-0.2, -0.15) is 0 Å². The van der Waals surface area contributed by atoms with E-state index in [-0.39, 0.29) is 6.09 Å². The van der Waals surface area contributed by atoms with Gasteiger partial charge in [0, 0.05) is 13.1 Å². The number of carbonyl (C=O) groups excluding carboxylic acids is 1. The largest absolute Gasteiger partial charge is 0.450 e. The van der Waals surface area contributed by atoms with Crippen LogP contribution in [0, 0.1) is 0 Å². The van der Waals surface area contributed by atoms with E-state index in [1.165, 1.54) is 0 Å². The van der Waals surface area contributed by atoms with Crippen molar-refractivity contribution in [2.24, 2.45) is 0 Å². The van der Waals surface area contributed by atoms with Gasteiger partial charge in [0.15, 0.2) is 0 Å². The van der Waals surface area contributed by atoms with Crippen molar-refractivity contribution in [1.82, 2.24) is 10.6 Å². The van der Waals surface area contributed by atoms with Gasteiger partial charge in [0.2, 0.25) is 0 Å². The molecule has 0 heterocycles. The lowest BCUT2D eigenvalue weighted by molar-refractivity contribution is 0.126. The van der Waals surface area contributed by atoms with E-state index in [2.05, 4.69) is 15.4 Å². The second-order valence-electron chi connectivity index (χ2n) is 2.36. The molecule has 2 N–H and O–H groups in total. The van der Waals surface area contributed by atoms with E-state index >= 15 is 0 Å². The summed E-state index contributed by atoms with van der Waals surface area (Å²) in [7, 11) is 1.86. The molecule has 0 aliphatic heterocycles. The van der Waals surface area contributed by atoms with E-state index in [9.17, 15) is 4.79 Å². The van der Waals surface area contributed by atoms with Gasteiger partial charge >= 0.3 is 6.09 Å². The molecule has 5 nitrogen and oxygen atoms in total. The van der Waals surface area contributed by atoms with Crippen LogP contribution in [0.15, 0.2) is 0 Å². The molecule has 0 aliphatic carbocycles. The van der Waals surface area contributed by atoms with Crippen molar-refractivity contribution in [2.75, 3.05) is 40.0 Å². The van der Waals surface area contributed by atoms with Crippen molar-refractivity contribution in [2.45, 2.75) is 6.92 Å². The average molecular weight is 190 g/mol. The van der Waals surface area contributed by atoms with Crippen molar-refractivity contribution in [3.05, 3.63) is 0 Å². The Labute approximate surface area is 78.8 Å². The van der Waals surface area contributed by atoms with Crippen LogP contribution >= 0.6 is 0 Å². The van der Waals surface area contributed by atoms with Gasteiger partial charge in [0.05, 0.1) is 19.8 Å². The summed E-state index contributed by atoms with van der Waals surface area (Å²) in [6.45, 7) is 4.64. The molecule has 0 rings (SSSR count). The highest BCUT2D eigenvalue weighted by Gasteiger charge is 1.97. The lowest BCUT2D eigenvalue weighted by atomic mass is 10.6. The molecule has 0 atom stereocenters. The molecule has 5 heteroatoms. The summed E-state index contributed by atoms with van der Waals surface area (Å²) in [5, 5.41) is 5.50. The van der Waals surface area contributed by atoms with Crippen LogP contribution in [0.3, 0.4) is 0 Å². The van der Waals surface area contributed by atoms with Crippen LogP contribution in [-0.4, -0.2) is 46.1 Å². The van der Waals surface area contributed by atoms with Gasteiger partial charge < -0.3 is 20.1 Å². The number of hydrogen-bond donors (Lipinski definition) is 2. The fourth-order valence-electron chi connectivity index (χ4n) is 0.684. The molecule has 0 spiro atoms. The summed E-state index contributed by atoms with van der Waals surface area (Å²) in [5.41, 5.74) is 0. The predicted molar refractivity (Wildman–Crippen MR) is 49.8 cm³/mol. The Hall–Kier alpha value is -0.810. The van der Waals surface area contributed by atoms with Gasteiger partial charge in [-0.25, -0.2) is 4.79 Å². The van der Waals surface area contributed by atoms with E-state index in [0.29, 0.717) is 26.4 Å². The molecule has 1 amide bonds. The molecule has 0 aliphatic rings. The normalized spacial score (nSPS) is 9.69. The fourth-order valence-corrected chi connectivity index (χ4v) is 0.684. The monoisotopic (exact) mass is 190 g/mol. The SMILES string of the molecule is CCOC(=O)NCCOCCNC. The summed E-state index contributed by atoms with van der Waals surface area (Å²) >= 11 is 0. The lowest BCUT2D eigenvalue weighted by Crippen LogP contribution is -2.28. The van der Waals surface area contributed by atoms with E-state index in [0.717, 1.165) is 6.54 Å². The second kappa shape index (κ2) is 9.28. The first-order valence-corrected chi connectivity index (χ1v) is 4.44. The van der Waals surface area contributed by atoms with Crippen molar-refractivity contribution >= 4 is 6.09 Å². The maximum absolute atomic E-state index is 10.7. The van der Waals surface area contributed by atoms with Crippen LogP contribution in [0.1, 0.15) is 6.92 Å². The lowest BCUT2D eigenvalue weighted by Gasteiger charge is -2.05. The number of carbonyl (C=O) groups is 1. The van der Waals surface area contributed by atoms with Crippen molar-refractivity contribution in [3.8, 4) is 0 Å². The van der Waals surface area contributed by atoms with E-state index < -0.39 is 0 Å². The summed E-state index contributed by atoms with van der Waals surface area (Å²) in [6.07, 6.45) is -0.389. The zero-order valence-corrected chi connectivity index (χ0v) is 8.26. The van der Waals surface area contributed by atoms with Crippen LogP contribution in [0.25, 0.3) is 0 Å². The zero-order chi connectivity index (χ0) is 9.94. The van der Waals surface area contributed by atoms with Crippen LogP contribution < -0.4 is 10.6 Å². The minimum atomic E-state index is -0.389. The Bertz CT molecular complexity index is 131. The van der Waals surface area contributed by atoms with Gasteiger partial charge in [0.1, 0.15) is 0 Å². The third kappa shape index (κ3) is 9.10. The number of amides is 1. The minimum Gasteiger partial charge on any atom is -0.450 e. The molecular formula is C8H18N2O3. The fraction of sp³-hybridized carbons (Fsp3) is 0.875. The first-order valence-electron chi connectivity index (χ1n) is 4.44. The standard InChI is InChI=1S/C8H18N2O3/c1-3-13-8(11)10-5-7-12-6-4-9-2/h9H,3-7H2,1-2H3,(H,10,11). The van der Waals surface area contributed by atoms with Crippen molar-refractivity contribution in [1.29, 1.82) is 0 Å². The number of ether oxygens (including phenoxy) is 2. The molecule has 0 bridgehead atoms. The van der Waals surface area contributed by atoms with E-state index in [1.54, 1.807) is 6.92 Å². The smallest absolute Gasteiger partial charge is 0.407 e. The van der Waals surface area contributed by atoms with Crippen molar-refractivity contribution in [3.63, 3.8) is 0 Å². The van der Waals surface area contributed by atoms with E-state index in [1.807, 2.05) is 7.05 Å². The molecule has 0 unspecified atom stereocenters. The second-order valence-corrected chi connectivity index (χ2v) is 2.36. The van der Waals surface area contributed by atoms with Crippen LogP contribution in [0.2, 0.25) is 0 Å². The van der Waals surface area contributed by atoms with Crippen LogP contribution in [0.4, 0.5) is 4.79 Å². The number of likely N-dealkylation sites (N-methyl/N-ethyl adjacent to an activating group) is 1. The molecule has 78 valence electrons. The molecular weight excluding hydrogens is 172 g/mol. The number of nitrogens with one attached hydrogen (secondary N) is 2. The predicted octanol–water partition coefficient (Wildman–Crippen LogP) is -0.0315. The minimum absolute atomic E-state index is 0.389. The first-order chi connectivity index (χ1) is 6.31. The highest BCUT2D eigenvalue weighted by molar-refractivity contribution is 5.66. The van der Waals surface area contributed by atoms with Gasteiger partial charge in [0.25, 0.3) is 0 Å². The molecule has 0 radical (unpaired) electrons. The molecule has 0 aromatic rings. The van der Waals surface area contributed by atoms with Gasteiger partial charge in [-0.3, -0.25) is 0 Å². The summed E-state index contributed by atoms with van der Waals surface area (Å²) < 4.78 is 9.82. The Kier molecular flexibility index (Phi) is 8.70. The highest BCUT2D eigenvalue weighted by atomic mass is 16.5. The maximum Gasteiger partial charge on any atom is 0.407 e. The number of hydrogen-bond acceptors (Lipinski definition) is 4. The molecule has 0 aromatic carbocycles. The van der Waals surface area contributed by atoms with Gasteiger partial charge in [-0.15, -0.1) is 0 Å². The van der Waals surface area contributed by atoms with Gasteiger partial charge in [-0.05, 0) is 14.0 Å². The summed E-state index contributed by atoms with van der Waals surface area (Å²) in [6, 6.07) is 0. The Morgan fingerprint density at radius 3 is 2.62 bits per heavy atom. The summed E-state index contributed by atoms with van der Waals surface area (Å²) in [5.74, 6) is 0. The first kappa shape index (κ1) is 12.2. The average Bonchev–Trinajstić information content (AvgIpc) is 2.11. The Morgan fingerprint density at radius 2 is 2.00 bits per heavy atom. The third-order valence-corrected chi connectivity index (χ3v) is 1.29. The Morgan fingerprint density at radius 1 is 1.31 bits per heavy atom. The third-order valence-electron chi connectivity index (χ3n) is 1.29. The zero-order valence-electron chi connectivity index (χ0n) is 8.26. The molecule has 13 heavy (non-hydrogen) atoms. The highest BCUT2D eigenvalue weighted by Crippen LogP contribution is 1.76. The van der Waals surface area contributed by atoms with Crippen LogP contribution in [0.5, 0.6) is 0 Å². The maximum atomic E-state index is 10.7. The van der Waals surface area contributed by atoms with Crippen LogP contribution in [-0.2, 0) is 9.47 Å². The van der Waals surface area contributed by atoms with Crippen molar-refractivity contribution < 1.29 is 14.3 Å². The summed E-state index contributed by atoms with van der Waals surface area (Å²) in [4.78, 5) is 10.7. The molecule has 0 aromatic heterocycles. The number of alkyl carbamates (subject to hydrolysis) is 1. The number of rotatable bonds is 7. The Balaban J connectivity index is 3.02.